The van der Waals surface area contributed by atoms with Gasteiger partial charge in [-0.15, -0.1) is 0 Å². The molecule has 0 aromatic carbocycles. The van der Waals surface area contributed by atoms with Crippen molar-refractivity contribution < 1.29 is 0 Å². The van der Waals surface area contributed by atoms with Gasteiger partial charge in [-0.3, -0.25) is 0 Å². The highest BCUT2D eigenvalue weighted by Crippen LogP contribution is 2.34. The van der Waals surface area contributed by atoms with E-state index in [0.717, 1.165) is 30.0 Å². The van der Waals surface area contributed by atoms with Crippen molar-refractivity contribution in [2.75, 3.05) is 6.54 Å². The number of rotatable bonds is 4. The maximum absolute atomic E-state index is 4.01. The molecule has 0 radical (unpaired) electrons. The van der Waals surface area contributed by atoms with Gasteiger partial charge in [-0.1, -0.05) is 19.3 Å². The minimum absolute atomic E-state index is 0.750. The summed E-state index contributed by atoms with van der Waals surface area (Å²) in [6, 6.07) is 2.37. The molecule has 0 amide bonds. The molecule has 3 rings (SSSR count). The summed E-state index contributed by atoms with van der Waals surface area (Å²) in [6.45, 7) is 3.69. The van der Waals surface area contributed by atoms with Crippen molar-refractivity contribution in [3.05, 3.63) is 0 Å². The summed E-state index contributed by atoms with van der Waals surface area (Å²) in [5.74, 6) is 1.87. The molecule has 1 aliphatic heterocycles. The van der Waals surface area contributed by atoms with Gasteiger partial charge in [-0.25, -0.2) is 0 Å². The van der Waals surface area contributed by atoms with E-state index in [1.165, 1.54) is 64.3 Å². The van der Waals surface area contributed by atoms with E-state index in [4.69, 9.17) is 0 Å². The molecule has 3 fully saturated rings. The van der Waals surface area contributed by atoms with Crippen LogP contribution in [0.2, 0.25) is 0 Å². The molecule has 3 aliphatic rings. The zero-order chi connectivity index (χ0) is 12.4. The van der Waals surface area contributed by atoms with Crippen LogP contribution in [-0.2, 0) is 0 Å². The first-order valence-electron chi connectivity index (χ1n) is 8.34. The van der Waals surface area contributed by atoms with E-state index in [9.17, 15) is 0 Å². The van der Waals surface area contributed by atoms with Crippen LogP contribution in [0, 0.1) is 11.8 Å². The molecular weight excluding hydrogens is 220 g/mol. The highest BCUT2D eigenvalue weighted by Gasteiger charge is 2.36. The summed E-state index contributed by atoms with van der Waals surface area (Å²) < 4.78 is 0. The van der Waals surface area contributed by atoms with Crippen molar-refractivity contribution in [3.63, 3.8) is 0 Å². The molecule has 2 N–H and O–H groups in total. The maximum atomic E-state index is 4.01. The molecular formula is C16H30N2. The Balaban J connectivity index is 1.53. The molecule has 0 aromatic heterocycles. The van der Waals surface area contributed by atoms with E-state index in [-0.39, 0.29) is 0 Å². The highest BCUT2D eigenvalue weighted by atomic mass is 15.0. The SMILES string of the molecule is C[C@@H](NC1CCCC1C1CCCN1)C1CCCC1. The summed E-state index contributed by atoms with van der Waals surface area (Å²) in [4.78, 5) is 0. The second-order valence-corrected chi connectivity index (χ2v) is 6.90. The Bertz CT molecular complexity index is 254. The molecule has 1 saturated heterocycles. The summed E-state index contributed by atoms with van der Waals surface area (Å²) in [5, 5.41) is 7.74. The topological polar surface area (TPSA) is 24.1 Å². The summed E-state index contributed by atoms with van der Waals surface area (Å²) in [5.41, 5.74) is 0. The molecule has 18 heavy (non-hydrogen) atoms. The molecule has 2 heteroatoms. The lowest BCUT2D eigenvalue weighted by atomic mass is 9.91. The van der Waals surface area contributed by atoms with Gasteiger partial charge in [0.15, 0.2) is 0 Å². The van der Waals surface area contributed by atoms with Crippen molar-refractivity contribution in [3.8, 4) is 0 Å². The average molecular weight is 250 g/mol. The second kappa shape index (κ2) is 5.92. The lowest BCUT2D eigenvalue weighted by Crippen LogP contribution is -2.47. The average Bonchev–Trinajstić information content (AvgIpc) is 3.11. The summed E-state index contributed by atoms with van der Waals surface area (Å²) >= 11 is 0. The van der Waals surface area contributed by atoms with E-state index in [2.05, 4.69) is 17.6 Å². The van der Waals surface area contributed by atoms with Crippen molar-refractivity contribution in [1.29, 1.82) is 0 Å². The third-order valence-electron chi connectivity index (χ3n) is 5.77. The Labute approximate surface area is 112 Å². The standard InChI is InChI=1S/C16H30N2/c1-12(13-6-2-3-7-13)18-16-9-4-8-14(16)15-10-5-11-17-15/h12-18H,2-11H2,1H3/t12-,14?,15?,16?/m1/s1. The van der Waals surface area contributed by atoms with E-state index in [1.54, 1.807) is 0 Å². The predicted octanol–water partition coefficient (Wildman–Crippen LogP) is 3.08. The van der Waals surface area contributed by atoms with Crippen LogP contribution in [0.1, 0.15) is 64.7 Å². The van der Waals surface area contributed by atoms with Crippen LogP contribution >= 0.6 is 0 Å². The fourth-order valence-corrected chi connectivity index (χ4v) is 4.69. The quantitative estimate of drug-likeness (QED) is 0.801. The van der Waals surface area contributed by atoms with Crippen molar-refractivity contribution >= 4 is 0 Å². The minimum atomic E-state index is 0.750. The number of hydrogen-bond acceptors (Lipinski definition) is 2. The van der Waals surface area contributed by atoms with Gasteiger partial charge in [0.2, 0.25) is 0 Å². The molecule has 0 spiro atoms. The monoisotopic (exact) mass is 250 g/mol. The molecule has 0 bridgehead atoms. The Hall–Kier alpha value is -0.0800. The van der Waals surface area contributed by atoms with E-state index in [1.807, 2.05) is 0 Å². The van der Waals surface area contributed by atoms with Crippen LogP contribution in [0.5, 0.6) is 0 Å². The van der Waals surface area contributed by atoms with Gasteiger partial charge < -0.3 is 10.6 Å². The Kier molecular flexibility index (Phi) is 4.25. The van der Waals surface area contributed by atoms with Crippen LogP contribution in [0.25, 0.3) is 0 Å². The van der Waals surface area contributed by atoms with Crippen LogP contribution < -0.4 is 10.6 Å². The first-order chi connectivity index (χ1) is 8.84. The zero-order valence-corrected chi connectivity index (χ0v) is 12.0. The zero-order valence-electron chi connectivity index (χ0n) is 12.0. The van der Waals surface area contributed by atoms with E-state index >= 15 is 0 Å². The molecule has 0 aromatic rings. The molecule has 104 valence electrons. The normalized spacial score (nSPS) is 39.5. The molecule has 4 atom stereocenters. The van der Waals surface area contributed by atoms with Gasteiger partial charge in [0, 0.05) is 18.1 Å². The molecule has 2 aliphatic carbocycles. The third-order valence-corrected chi connectivity index (χ3v) is 5.77. The Morgan fingerprint density at radius 1 is 0.944 bits per heavy atom. The lowest BCUT2D eigenvalue weighted by molar-refractivity contribution is 0.268. The van der Waals surface area contributed by atoms with Crippen molar-refractivity contribution in [2.45, 2.75) is 82.8 Å². The first kappa shape index (κ1) is 12.9. The van der Waals surface area contributed by atoms with Gasteiger partial charge in [-0.2, -0.15) is 0 Å². The molecule has 1 heterocycles. The van der Waals surface area contributed by atoms with Crippen LogP contribution in [-0.4, -0.2) is 24.7 Å². The molecule has 2 nitrogen and oxygen atoms in total. The van der Waals surface area contributed by atoms with E-state index in [0.29, 0.717) is 0 Å². The Morgan fingerprint density at radius 3 is 2.50 bits per heavy atom. The fourth-order valence-electron chi connectivity index (χ4n) is 4.69. The molecule has 3 unspecified atom stereocenters. The van der Waals surface area contributed by atoms with E-state index < -0.39 is 0 Å². The van der Waals surface area contributed by atoms with Crippen LogP contribution in [0.15, 0.2) is 0 Å². The summed E-state index contributed by atoms with van der Waals surface area (Å²) in [6.07, 6.45) is 13.0. The highest BCUT2D eigenvalue weighted by molar-refractivity contribution is 4.94. The van der Waals surface area contributed by atoms with Crippen molar-refractivity contribution in [1.82, 2.24) is 10.6 Å². The van der Waals surface area contributed by atoms with Crippen LogP contribution in [0.4, 0.5) is 0 Å². The molecule has 2 saturated carbocycles. The van der Waals surface area contributed by atoms with Gasteiger partial charge in [0.25, 0.3) is 0 Å². The maximum Gasteiger partial charge on any atom is 0.0113 e. The fraction of sp³-hybridized carbons (Fsp3) is 1.00. The van der Waals surface area contributed by atoms with Gasteiger partial charge >= 0.3 is 0 Å². The third kappa shape index (κ3) is 2.75. The predicted molar refractivity (Wildman–Crippen MR) is 76.7 cm³/mol. The first-order valence-corrected chi connectivity index (χ1v) is 8.34. The lowest BCUT2D eigenvalue weighted by Gasteiger charge is -2.31. The largest absolute Gasteiger partial charge is 0.314 e. The Morgan fingerprint density at radius 2 is 1.78 bits per heavy atom. The smallest absolute Gasteiger partial charge is 0.0113 e. The van der Waals surface area contributed by atoms with Crippen molar-refractivity contribution in [2.24, 2.45) is 11.8 Å². The van der Waals surface area contributed by atoms with Gasteiger partial charge in [0.05, 0.1) is 0 Å². The van der Waals surface area contributed by atoms with Crippen LogP contribution in [0.3, 0.4) is 0 Å². The minimum Gasteiger partial charge on any atom is -0.314 e. The number of nitrogens with one attached hydrogen (secondary N) is 2. The summed E-state index contributed by atoms with van der Waals surface area (Å²) in [7, 11) is 0. The number of hydrogen-bond donors (Lipinski definition) is 2. The van der Waals surface area contributed by atoms with Gasteiger partial charge in [0.1, 0.15) is 0 Å². The second-order valence-electron chi connectivity index (χ2n) is 6.90. The van der Waals surface area contributed by atoms with Gasteiger partial charge in [-0.05, 0) is 63.8 Å².